The molecule has 0 radical (unpaired) electrons. The monoisotopic (exact) mass is 269 g/mol. The normalized spacial score (nSPS) is 12.2. The summed E-state index contributed by atoms with van der Waals surface area (Å²) < 4.78 is 5.89. The number of ether oxygens (including phenoxy) is 1. The van der Waals surface area contributed by atoms with Gasteiger partial charge in [-0.1, -0.05) is 43.3 Å². The van der Waals surface area contributed by atoms with Gasteiger partial charge in [-0.3, -0.25) is 0 Å². The maximum absolute atomic E-state index is 5.89. The van der Waals surface area contributed by atoms with Crippen molar-refractivity contribution in [1.82, 2.24) is 0 Å². The van der Waals surface area contributed by atoms with Gasteiger partial charge in [-0.15, -0.1) is 0 Å². The Balaban J connectivity index is 2.03. The summed E-state index contributed by atoms with van der Waals surface area (Å²) in [5.74, 6) is 0.925. The summed E-state index contributed by atoms with van der Waals surface area (Å²) in [7, 11) is 0. The molecule has 0 aliphatic heterocycles. The van der Waals surface area contributed by atoms with Crippen LogP contribution in [0, 0.1) is 6.92 Å². The second-order valence-electron chi connectivity index (χ2n) is 5.27. The van der Waals surface area contributed by atoms with Gasteiger partial charge in [-0.25, -0.2) is 0 Å². The maximum Gasteiger partial charge on any atom is 0.122 e. The second-order valence-corrected chi connectivity index (χ2v) is 5.27. The number of aryl methyl sites for hydroxylation is 2. The van der Waals surface area contributed by atoms with Gasteiger partial charge in [0.25, 0.3) is 0 Å². The first-order valence-electron chi connectivity index (χ1n) is 7.17. The molecule has 2 aromatic rings. The molecule has 2 aromatic carbocycles. The van der Waals surface area contributed by atoms with Gasteiger partial charge >= 0.3 is 0 Å². The predicted molar refractivity (Wildman–Crippen MR) is 83.9 cm³/mol. The molecular formula is C18H23NO. The molecule has 0 heterocycles. The van der Waals surface area contributed by atoms with E-state index in [1.165, 1.54) is 11.1 Å². The first kappa shape index (κ1) is 14.6. The standard InChI is InChI=1S/C18H23NO/c1-4-15-5-7-16(8-6-15)12-20-18-10-9-17(14(3)19)11-13(18)2/h5-11,14H,4,12,19H2,1-3H3/t14-/m0/s1. The highest BCUT2D eigenvalue weighted by molar-refractivity contribution is 5.37. The fourth-order valence-electron chi connectivity index (χ4n) is 2.15. The highest BCUT2D eigenvalue weighted by Gasteiger charge is 2.04. The van der Waals surface area contributed by atoms with Crippen LogP contribution in [0.3, 0.4) is 0 Å². The SMILES string of the molecule is CCc1ccc(COc2ccc([C@H](C)N)cc2C)cc1. The van der Waals surface area contributed by atoms with Crippen LogP contribution < -0.4 is 10.5 Å². The summed E-state index contributed by atoms with van der Waals surface area (Å²) in [6.45, 7) is 6.81. The molecule has 0 saturated heterocycles. The van der Waals surface area contributed by atoms with E-state index in [1.54, 1.807) is 0 Å². The Hall–Kier alpha value is -1.80. The molecule has 1 atom stereocenters. The quantitative estimate of drug-likeness (QED) is 0.884. The second kappa shape index (κ2) is 6.58. The number of nitrogens with two attached hydrogens (primary N) is 1. The molecule has 2 rings (SSSR count). The van der Waals surface area contributed by atoms with Gasteiger partial charge in [-0.05, 0) is 48.6 Å². The topological polar surface area (TPSA) is 35.2 Å². The lowest BCUT2D eigenvalue weighted by Gasteiger charge is -2.12. The third-order valence-corrected chi connectivity index (χ3v) is 3.55. The van der Waals surface area contributed by atoms with E-state index in [-0.39, 0.29) is 6.04 Å². The number of benzene rings is 2. The molecular weight excluding hydrogens is 246 g/mol. The summed E-state index contributed by atoms with van der Waals surface area (Å²) in [6, 6.07) is 14.8. The highest BCUT2D eigenvalue weighted by atomic mass is 16.5. The van der Waals surface area contributed by atoms with Gasteiger partial charge in [-0.2, -0.15) is 0 Å². The van der Waals surface area contributed by atoms with E-state index in [1.807, 2.05) is 19.1 Å². The zero-order valence-electron chi connectivity index (χ0n) is 12.5. The summed E-state index contributed by atoms with van der Waals surface area (Å²) in [5, 5.41) is 0. The van der Waals surface area contributed by atoms with E-state index in [0.29, 0.717) is 6.61 Å². The average Bonchev–Trinajstić information content (AvgIpc) is 2.46. The Morgan fingerprint density at radius 2 is 1.70 bits per heavy atom. The molecule has 2 nitrogen and oxygen atoms in total. The van der Waals surface area contributed by atoms with Crippen molar-refractivity contribution in [3.8, 4) is 5.75 Å². The molecule has 2 heteroatoms. The van der Waals surface area contributed by atoms with Crippen LogP contribution in [0.2, 0.25) is 0 Å². The Morgan fingerprint density at radius 1 is 1.05 bits per heavy atom. The smallest absolute Gasteiger partial charge is 0.122 e. The fourth-order valence-corrected chi connectivity index (χ4v) is 2.15. The van der Waals surface area contributed by atoms with Crippen molar-refractivity contribution >= 4 is 0 Å². The van der Waals surface area contributed by atoms with Gasteiger partial charge in [0.1, 0.15) is 12.4 Å². The third kappa shape index (κ3) is 3.61. The fraction of sp³-hybridized carbons (Fsp3) is 0.333. The Labute approximate surface area is 121 Å². The minimum Gasteiger partial charge on any atom is -0.489 e. The molecule has 0 aliphatic carbocycles. The van der Waals surface area contributed by atoms with Crippen molar-refractivity contribution in [1.29, 1.82) is 0 Å². The summed E-state index contributed by atoms with van der Waals surface area (Å²) in [4.78, 5) is 0. The predicted octanol–water partition coefficient (Wildman–Crippen LogP) is 4.16. The number of rotatable bonds is 5. The number of hydrogen-bond acceptors (Lipinski definition) is 2. The molecule has 0 spiro atoms. The lowest BCUT2D eigenvalue weighted by atomic mass is 10.1. The largest absolute Gasteiger partial charge is 0.489 e. The van der Waals surface area contributed by atoms with E-state index in [2.05, 4.69) is 44.2 Å². The van der Waals surface area contributed by atoms with Crippen LogP contribution in [0.1, 0.15) is 42.1 Å². The maximum atomic E-state index is 5.89. The van der Waals surface area contributed by atoms with Crippen molar-refractivity contribution in [2.45, 2.75) is 39.8 Å². The van der Waals surface area contributed by atoms with Crippen LogP contribution >= 0.6 is 0 Å². The van der Waals surface area contributed by atoms with Crippen LogP contribution in [0.4, 0.5) is 0 Å². The van der Waals surface area contributed by atoms with E-state index in [4.69, 9.17) is 10.5 Å². The molecule has 106 valence electrons. The van der Waals surface area contributed by atoms with Crippen LogP contribution in [-0.2, 0) is 13.0 Å². The van der Waals surface area contributed by atoms with E-state index >= 15 is 0 Å². The molecule has 0 bridgehead atoms. The van der Waals surface area contributed by atoms with Gasteiger partial charge in [0.05, 0.1) is 0 Å². The lowest BCUT2D eigenvalue weighted by molar-refractivity contribution is 0.304. The molecule has 0 saturated carbocycles. The number of hydrogen-bond donors (Lipinski definition) is 1. The Morgan fingerprint density at radius 3 is 2.25 bits per heavy atom. The molecule has 0 amide bonds. The first-order valence-corrected chi connectivity index (χ1v) is 7.17. The molecule has 0 aliphatic rings. The first-order chi connectivity index (χ1) is 9.60. The van der Waals surface area contributed by atoms with Crippen molar-refractivity contribution in [3.05, 3.63) is 64.7 Å². The molecule has 0 fully saturated rings. The van der Waals surface area contributed by atoms with Gasteiger partial charge in [0, 0.05) is 6.04 Å². The van der Waals surface area contributed by atoms with Gasteiger partial charge in [0.15, 0.2) is 0 Å². The Bertz CT molecular complexity index is 558. The van der Waals surface area contributed by atoms with Crippen LogP contribution in [0.5, 0.6) is 5.75 Å². The van der Waals surface area contributed by atoms with Crippen molar-refractivity contribution < 1.29 is 4.74 Å². The van der Waals surface area contributed by atoms with Crippen LogP contribution in [-0.4, -0.2) is 0 Å². The third-order valence-electron chi connectivity index (χ3n) is 3.55. The molecule has 20 heavy (non-hydrogen) atoms. The van der Waals surface area contributed by atoms with Crippen LogP contribution in [0.15, 0.2) is 42.5 Å². The van der Waals surface area contributed by atoms with Crippen LogP contribution in [0.25, 0.3) is 0 Å². The highest BCUT2D eigenvalue weighted by Crippen LogP contribution is 2.22. The minimum atomic E-state index is 0.0596. The van der Waals surface area contributed by atoms with E-state index < -0.39 is 0 Å². The zero-order chi connectivity index (χ0) is 14.5. The van der Waals surface area contributed by atoms with Gasteiger partial charge < -0.3 is 10.5 Å². The van der Waals surface area contributed by atoms with Gasteiger partial charge in [0.2, 0.25) is 0 Å². The Kier molecular flexibility index (Phi) is 4.80. The lowest BCUT2D eigenvalue weighted by Crippen LogP contribution is -2.05. The molecule has 0 aromatic heterocycles. The minimum absolute atomic E-state index is 0.0596. The van der Waals surface area contributed by atoms with E-state index in [0.717, 1.165) is 23.3 Å². The van der Waals surface area contributed by atoms with Crippen molar-refractivity contribution in [2.24, 2.45) is 5.73 Å². The molecule has 0 unspecified atom stereocenters. The molecule has 2 N–H and O–H groups in total. The summed E-state index contributed by atoms with van der Waals surface area (Å²) in [5.41, 5.74) is 10.7. The zero-order valence-corrected chi connectivity index (χ0v) is 12.5. The average molecular weight is 269 g/mol. The van der Waals surface area contributed by atoms with Crippen molar-refractivity contribution in [3.63, 3.8) is 0 Å². The summed E-state index contributed by atoms with van der Waals surface area (Å²) >= 11 is 0. The van der Waals surface area contributed by atoms with E-state index in [9.17, 15) is 0 Å². The summed E-state index contributed by atoms with van der Waals surface area (Å²) in [6.07, 6.45) is 1.07. The van der Waals surface area contributed by atoms with Crippen molar-refractivity contribution in [2.75, 3.05) is 0 Å².